The normalized spacial score (nSPS) is 34.5. The fourth-order valence-electron chi connectivity index (χ4n) is 5.90. The van der Waals surface area contributed by atoms with Gasteiger partial charge in [0.15, 0.2) is 0 Å². The molecule has 1 saturated carbocycles. The van der Waals surface area contributed by atoms with Gasteiger partial charge >= 0.3 is 0 Å². The predicted octanol–water partition coefficient (Wildman–Crippen LogP) is 3.44. The third-order valence-electron chi connectivity index (χ3n) is 7.19. The minimum atomic E-state index is 0.157. The molecule has 4 nitrogen and oxygen atoms in total. The van der Waals surface area contributed by atoms with Crippen LogP contribution in [0, 0.1) is 5.41 Å². The van der Waals surface area contributed by atoms with Gasteiger partial charge in [-0.15, -0.1) is 0 Å². The van der Waals surface area contributed by atoms with E-state index in [-0.39, 0.29) is 17.4 Å². The molecule has 2 bridgehead atoms. The number of aromatic nitrogens is 1. The van der Waals surface area contributed by atoms with Crippen LogP contribution in [-0.4, -0.2) is 40.0 Å². The first-order valence-electron chi connectivity index (χ1n) is 10.2. The third-order valence-corrected chi connectivity index (χ3v) is 7.19. The van der Waals surface area contributed by atoms with Crippen molar-refractivity contribution in [3.8, 4) is 0 Å². The van der Waals surface area contributed by atoms with Crippen molar-refractivity contribution in [3.63, 3.8) is 0 Å². The van der Waals surface area contributed by atoms with Gasteiger partial charge in [0.1, 0.15) is 0 Å². The second-order valence-corrected chi connectivity index (χ2v) is 8.69. The number of rotatable bonds is 3. The molecule has 27 heavy (non-hydrogen) atoms. The van der Waals surface area contributed by atoms with Crippen LogP contribution in [0.5, 0.6) is 0 Å². The summed E-state index contributed by atoms with van der Waals surface area (Å²) in [7, 11) is 0. The number of carbonyl (C=O) groups excluding carboxylic acids is 1. The molecule has 140 valence electrons. The third kappa shape index (κ3) is 2.69. The van der Waals surface area contributed by atoms with Crippen LogP contribution in [0.25, 0.3) is 0 Å². The van der Waals surface area contributed by atoms with Crippen molar-refractivity contribution in [3.05, 3.63) is 66.0 Å². The molecule has 2 saturated heterocycles. The lowest BCUT2D eigenvalue weighted by Crippen LogP contribution is -2.58. The molecule has 1 amide bonds. The number of nitrogens with one attached hydrogen (secondary N) is 1. The number of hydrogen-bond acceptors (Lipinski definition) is 3. The van der Waals surface area contributed by atoms with Gasteiger partial charge in [0.2, 0.25) is 0 Å². The Kier molecular flexibility index (Phi) is 4.05. The second-order valence-electron chi connectivity index (χ2n) is 8.69. The van der Waals surface area contributed by atoms with E-state index < -0.39 is 0 Å². The second kappa shape index (κ2) is 6.45. The van der Waals surface area contributed by atoms with Crippen molar-refractivity contribution in [1.82, 2.24) is 15.2 Å². The minimum absolute atomic E-state index is 0.157. The summed E-state index contributed by atoms with van der Waals surface area (Å²) in [5.74, 6) is 0.157. The highest BCUT2D eigenvalue weighted by Gasteiger charge is 2.61. The van der Waals surface area contributed by atoms with Gasteiger partial charge < -0.3 is 10.2 Å². The molecule has 3 aliphatic rings. The van der Waals surface area contributed by atoms with E-state index in [2.05, 4.69) is 52.5 Å². The van der Waals surface area contributed by atoms with Crippen LogP contribution >= 0.6 is 0 Å². The molecule has 3 fully saturated rings. The topological polar surface area (TPSA) is 45.2 Å². The van der Waals surface area contributed by atoms with E-state index in [9.17, 15) is 4.79 Å². The Balaban J connectivity index is 1.51. The van der Waals surface area contributed by atoms with Gasteiger partial charge in [0, 0.05) is 42.0 Å². The number of benzene rings is 1. The van der Waals surface area contributed by atoms with Gasteiger partial charge in [0.25, 0.3) is 5.91 Å². The van der Waals surface area contributed by atoms with E-state index in [1.807, 2.05) is 12.1 Å². The monoisotopic (exact) mass is 361 g/mol. The SMILES string of the molecule is C[C@@]12C[C@H]3[C@@H](Cc4ccccc4)N[C@@H]1CCC[C@@H]2N3C(=O)c1cccnc1. The molecule has 1 aliphatic carbocycles. The van der Waals surface area contributed by atoms with E-state index >= 15 is 0 Å². The van der Waals surface area contributed by atoms with Crippen molar-refractivity contribution in [2.45, 2.75) is 63.2 Å². The highest BCUT2D eigenvalue weighted by atomic mass is 16.2. The highest BCUT2D eigenvalue weighted by Crippen LogP contribution is 2.53. The molecule has 0 spiro atoms. The largest absolute Gasteiger partial charge is 0.330 e. The van der Waals surface area contributed by atoms with E-state index in [0.29, 0.717) is 23.7 Å². The molecule has 1 aromatic heterocycles. The van der Waals surface area contributed by atoms with E-state index in [4.69, 9.17) is 0 Å². The van der Waals surface area contributed by atoms with E-state index in [1.54, 1.807) is 12.4 Å². The first-order valence-corrected chi connectivity index (χ1v) is 10.2. The van der Waals surface area contributed by atoms with Crippen LogP contribution in [0.4, 0.5) is 0 Å². The predicted molar refractivity (Wildman–Crippen MR) is 105 cm³/mol. The summed E-state index contributed by atoms with van der Waals surface area (Å²) in [4.78, 5) is 19.9. The summed E-state index contributed by atoms with van der Waals surface area (Å²) in [5.41, 5.74) is 2.25. The van der Waals surface area contributed by atoms with Crippen molar-refractivity contribution in [2.24, 2.45) is 5.41 Å². The number of hydrogen-bond donors (Lipinski definition) is 1. The van der Waals surface area contributed by atoms with Crippen LogP contribution in [0.1, 0.15) is 48.5 Å². The maximum Gasteiger partial charge on any atom is 0.255 e. The van der Waals surface area contributed by atoms with Crippen LogP contribution in [0.2, 0.25) is 0 Å². The van der Waals surface area contributed by atoms with Crippen molar-refractivity contribution in [2.75, 3.05) is 0 Å². The lowest BCUT2D eigenvalue weighted by Gasteiger charge is -2.46. The lowest BCUT2D eigenvalue weighted by molar-refractivity contribution is 0.0558. The molecule has 1 N–H and O–H groups in total. The van der Waals surface area contributed by atoms with Crippen molar-refractivity contribution < 1.29 is 4.79 Å². The van der Waals surface area contributed by atoms with Gasteiger partial charge in [-0.25, -0.2) is 0 Å². The van der Waals surface area contributed by atoms with Crippen molar-refractivity contribution >= 4 is 5.91 Å². The highest BCUT2D eigenvalue weighted by molar-refractivity contribution is 5.94. The average molecular weight is 361 g/mol. The standard InChI is InChI=1S/C23H27N3O/c1-23-14-19-18(13-16-7-3-2-4-8-16)25-20(23)10-5-11-21(23)26(19)22(27)17-9-6-12-24-15-17/h2-4,6-9,12,15,18-21,25H,5,10-11,13-14H2,1H3/t18-,19+,20-,21+,23-/m1/s1. The summed E-state index contributed by atoms with van der Waals surface area (Å²) >= 11 is 0. The number of fused-ring (bicyclic) bond motifs is 1. The number of piperidine rings is 1. The zero-order chi connectivity index (χ0) is 18.4. The molecule has 2 aromatic rings. The Hall–Kier alpha value is -2.20. The van der Waals surface area contributed by atoms with Crippen molar-refractivity contribution in [1.29, 1.82) is 0 Å². The zero-order valence-corrected chi connectivity index (χ0v) is 15.8. The molecule has 3 heterocycles. The molecule has 1 aromatic carbocycles. The summed E-state index contributed by atoms with van der Waals surface area (Å²) in [5, 5.41) is 3.96. The maximum atomic E-state index is 13.5. The molecule has 2 aliphatic heterocycles. The van der Waals surface area contributed by atoms with E-state index in [0.717, 1.165) is 19.3 Å². The van der Waals surface area contributed by atoms with Gasteiger partial charge in [0.05, 0.1) is 5.56 Å². The van der Waals surface area contributed by atoms with Gasteiger partial charge in [-0.1, -0.05) is 37.3 Å². The molecule has 4 heteroatoms. The Morgan fingerprint density at radius 1 is 1.22 bits per heavy atom. The number of nitrogens with zero attached hydrogens (tertiary/aromatic N) is 2. The number of amides is 1. The zero-order valence-electron chi connectivity index (χ0n) is 15.8. The number of pyridine rings is 1. The van der Waals surface area contributed by atoms with Crippen LogP contribution < -0.4 is 5.32 Å². The van der Waals surface area contributed by atoms with Gasteiger partial charge in [-0.3, -0.25) is 9.78 Å². The molecule has 5 rings (SSSR count). The molecular weight excluding hydrogens is 334 g/mol. The Bertz CT molecular complexity index is 824. The maximum absolute atomic E-state index is 13.5. The summed E-state index contributed by atoms with van der Waals surface area (Å²) in [6, 6.07) is 15.8. The fourth-order valence-corrected chi connectivity index (χ4v) is 5.90. The van der Waals surface area contributed by atoms with Crippen LogP contribution in [-0.2, 0) is 6.42 Å². The van der Waals surface area contributed by atoms with Crippen LogP contribution in [0.15, 0.2) is 54.9 Å². The Morgan fingerprint density at radius 2 is 2.07 bits per heavy atom. The molecule has 0 radical (unpaired) electrons. The van der Waals surface area contributed by atoms with Gasteiger partial charge in [-0.05, 0) is 49.8 Å². The first kappa shape index (κ1) is 16.9. The quantitative estimate of drug-likeness (QED) is 0.911. The summed E-state index contributed by atoms with van der Waals surface area (Å²) < 4.78 is 0. The molecule has 0 unspecified atom stereocenters. The van der Waals surface area contributed by atoms with Gasteiger partial charge in [-0.2, -0.15) is 0 Å². The lowest BCUT2D eigenvalue weighted by atomic mass is 9.65. The minimum Gasteiger partial charge on any atom is -0.330 e. The fraction of sp³-hybridized carbons (Fsp3) is 0.478. The molecular formula is C23H27N3O. The van der Waals surface area contributed by atoms with Crippen LogP contribution in [0.3, 0.4) is 0 Å². The number of carbonyl (C=O) groups is 1. The molecule has 5 atom stereocenters. The smallest absolute Gasteiger partial charge is 0.255 e. The number of likely N-dealkylation sites (tertiary alicyclic amines) is 1. The first-order chi connectivity index (χ1) is 13.2. The average Bonchev–Trinajstić information content (AvgIpc) is 3.01. The Morgan fingerprint density at radius 3 is 2.85 bits per heavy atom. The Labute approximate surface area is 161 Å². The summed E-state index contributed by atoms with van der Waals surface area (Å²) in [6.07, 6.45) is 9.07. The summed E-state index contributed by atoms with van der Waals surface area (Å²) in [6.45, 7) is 2.40. The van der Waals surface area contributed by atoms with E-state index in [1.165, 1.54) is 18.4 Å².